The van der Waals surface area contributed by atoms with Crippen LogP contribution in [0, 0.1) is 21.7 Å². The highest BCUT2D eigenvalue weighted by molar-refractivity contribution is 7.51. The number of hydrogen-bond acceptors (Lipinski definition) is 22. The van der Waals surface area contributed by atoms with Gasteiger partial charge in [-0.05, 0) is 76.2 Å². The summed E-state index contributed by atoms with van der Waals surface area (Å²) in [4.78, 5) is 81.3. The van der Waals surface area contributed by atoms with E-state index in [1.54, 1.807) is 20.8 Å². The lowest BCUT2D eigenvalue weighted by Crippen LogP contribution is -2.46. The van der Waals surface area contributed by atoms with Gasteiger partial charge >= 0.3 is 38.9 Å². The SMILES string of the molecule is C=C(C)COCC(COCC(=C)C)(COCC(=C)C)COCC(COCC(=C)C)(COCC(=C)C)COP(=O)(O)O.C=C(C)COCC(COCC(=C)C)(COCC(=C)C)COP(=O)(O)O.C=C(C)COCC(COCC(=C)C)(COP(=O)(O)O)COP(=O)(O)O.C=C(C)COCOP(C)(=O)O. The van der Waals surface area contributed by atoms with E-state index in [1.807, 2.05) is 55.4 Å². The molecule has 0 aliphatic carbocycles. The van der Waals surface area contributed by atoms with Crippen molar-refractivity contribution in [1.82, 2.24) is 0 Å². The van der Waals surface area contributed by atoms with Crippen LogP contribution in [0.3, 0.4) is 0 Å². The monoisotopic (exact) mass is 1570 g/mol. The molecule has 1 atom stereocenters. The van der Waals surface area contributed by atoms with Crippen molar-refractivity contribution in [3.63, 3.8) is 0 Å². The fourth-order valence-corrected chi connectivity index (χ4v) is 9.18. The Morgan fingerprint density at radius 3 is 0.490 bits per heavy atom. The molecule has 31 nitrogen and oxygen atoms in total. The lowest BCUT2D eigenvalue weighted by molar-refractivity contribution is -0.131. The van der Waals surface area contributed by atoms with Gasteiger partial charge < -0.3 is 101 Å². The van der Waals surface area contributed by atoms with E-state index >= 15 is 0 Å². The predicted molar refractivity (Wildman–Crippen MR) is 391 cm³/mol. The highest BCUT2D eigenvalue weighted by Crippen LogP contribution is 2.43. The van der Waals surface area contributed by atoms with Crippen molar-refractivity contribution in [3.8, 4) is 0 Å². The number of phosphoric ester groups is 4. The zero-order valence-electron chi connectivity index (χ0n) is 62.3. The summed E-state index contributed by atoms with van der Waals surface area (Å²) < 4.78 is 147. The second-order valence-corrected chi connectivity index (χ2v) is 33.2. The van der Waals surface area contributed by atoms with Gasteiger partial charge in [0.15, 0.2) is 6.79 Å². The molecule has 0 bridgehead atoms. The maximum atomic E-state index is 11.6. The predicted octanol–water partition coefficient (Wildman–Crippen LogP) is 10.7. The molecular formula is C66H123O31P5. The maximum Gasteiger partial charge on any atom is 0.469 e. The minimum Gasteiger partial charge on any atom is -0.380 e. The second-order valence-electron chi connectivity index (χ2n) is 26.4. The molecule has 1 unspecified atom stereocenters. The van der Waals surface area contributed by atoms with Crippen molar-refractivity contribution in [3.05, 3.63) is 134 Å². The quantitative estimate of drug-likeness (QED) is 0.0118. The van der Waals surface area contributed by atoms with Gasteiger partial charge in [-0.15, -0.1) is 0 Å². The highest BCUT2D eigenvalue weighted by atomic mass is 31.2. The van der Waals surface area contributed by atoms with Crippen LogP contribution in [-0.4, -0.2) is 236 Å². The average molecular weight is 1570 g/mol. The Morgan fingerprint density at radius 2 is 0.353 bits per heavy atom. The van der Waals surface area contributed by atoms with Crippen LogP contribution >= 0.6 is 38.9 Å². The Bertz CT molecular complexity index is 2620. The van der Waals surface area contributed by atoms with Crippen LogP contribution in [0.25, 0.3) is 0 Å². The van der Waals surface area contributed by atoms with E-state index in [-0.39, 0.29) is 126 Å². The summed E-state index contributed by atoms with van der Waals surface area (Å²) in [6, 6.07) is 0. The summed E-state index contributed by atoms with van der Waals surface area (Å²) in [5, 5.41) is 0. The van der Waals surface area contributed by atoms with Crippen molar-refractivity contribution < 1.29 is 146 Å². The van der Waals surface area contributed by atoms with Crippen molar-refractivity contribution in [1.29, 1.82) is 0 Å². The largest absolute Gasteiger partial charge is 0.469 e. The standard InChI is InChI=1S/C30H53O10P.C17H31O7P.C13H26O10P2.C6H13O4P/c1-24(2)11-34-16-29(17-35-12-25(3)4,18-36-13-26(5)6)21-39-22-30(19-37-14-27(7)8,20-38-15-28(9)10)23-40-41(31,32)33;1-14(2)7-21-10-17(11-22-8-15(3)4,12-23-9-16(5)6)13-24-25(18,19)20;1-11(2)5-20-7-13(8-21-6-12(3)4,9-22-24(14,15)16)10-23-25(17,18)19;1-6(2)4-9-5-10-11(3,7)8/h1,3,5,7,9,11-23H2,2,4,6,8,10H3,(H2,31,32,33);1,3,5,7-13H2,2,4,6H3,(H2,18,19,20);1,3,5-10H2,2,4H3,(H2,14,15,16)(H2,17,18,19);1,4-5H2,2-3H3,(H,7,8). The molecule has 0 rings (SSSR count). The lowest BCUT2D eigenvalue weighted by atomic mass is 9.90. The molecule has 0 aliphatic rings. The number of phosphoric acid groups is 4. The van der Waals surface area contributed by atoms with Gasteiger partial charge in [0, 0.05) is 6.66 Å². The first-order chi connectivity index (χ1) is 46.6. The van der Waals surface area contributed by atoms with E-state index in [2.05, 4.69) is 85.9 Å². The fourth-order valence-electron chi connectivity index (χ4n) is 7.14. The summed E-state index contributed by atoms with van der Waals surface area (Å²) in [5.41, 5.74) is 4.82. The van der Waals surface area contributed by atoms with E-state index in [9.17, 15) is 32.6 Å². The summed E-state index contributed by atoms with van der Waals surface area (Å²) >= 11 is 0. The van der Waals surface area contributed by atoms with Crippen LogP contribution in [0.4, 0.5) is 0 Å². The first-order valence-electron chi connectivity index (χ1n) is 31.4. The first kappa shape index (κ1) is 106. The summed E-state index contributed by atoms with van der Waals surface area (Å²) in [7, 11) is -22.5. The Morgan fingerprint density at radius 1 is 0.225 bits per heavy atom. The third-order valence-electron chi connectivity index (χ3n) is 11.3. The smallest absolute Gasteiger partial charge is 0.380 e. The minimum absolute atomic E-state index is 0.0113. The highest BCUT2D eigenvalue weighted by Gasteiger charge is 2.41. The molecule has 0 amide bonds. The van der Waals surface area contributed by atoms with Crippen LogP contribution in [0.1, 0.15) is 76.2 Å². The normalized spacial score (nSPS) is 12.9. The molecule has 0 heterocycles. The zero-order chi connectivity index (χ0) is 79.7. The molecule has 0 aliphatic heterocycles. The summed E-state index contributed by atoms with van der Waals surface area (Å²) in [6.07, 6.45) is 0. The van der Waals surface area contributed by atoms with Gasteiger partial charge in [0.25, 0.3) is 0 Å². The van der Waals surface area contributed by atoms with Crippen LogP contribution in [0.5, 0.6) is 0 Å². The van der Waals surface area contributed by atoms with Crippen molar-refractivity contribution >= 4 is 38.9 Å². The third kappa shape index (κ3) is 72.8. The van der Waals surface area contributed by atoms with Gasteiger partial charge in [0.05, 0.1) is 200 Å². The Kier molecular flexibility index (Phi) is 57.6. The van der Waals surface area contributed by atoms with Crippen molar-refractivity contribution in [2.75, 3.05) is 192 Å². The van der Waals surface area contributed by atoms with Gasteiger partial charge in [-0.2, -0.15) is 0 Å². The Labute approximate surface area is 606 Å². The number of ether oxygens (including phenoxy) is 12. The molecule has 0 aromatic carbocycles. The van der Waals surface area contributed by atoms with E-state index < -0.39 is 73.8 Å². The molecule has 0 radical (unpaired) electrons. The van der Waals surface area contributed by atoms with Crippen LogP contribution in [-0.2, 0) is 102 Å². The third-order valence-corrected chi connectivity index (χ3v) is 13.7. The molecule has 598 valence electrons. The molecule has 0 saturated heterocycles. The van der Waals surface area contributed by atoms with Crippen molar-refractivity contribution in [2.45, 2.75) is 76.2 Å². The first-order valence-corrected chi connectivity index (χ1v) is 39.5. The van der Waals surface area contributed by atoms with Gasteiger partial charge in [-0.3, -0.25) is 27.2 Å². The topological polar surface area (TPSA) is 424 Å². The summed E-state index contributed by atoms with van der Waals surface area (Å²) in [5.74, 6) is 0. The summed E-state index contributed by atoms with van der Waals surface area (Å²) in [6.45, 7) is 64.6. The van der Waals surface area contributed by atoms with E-state index in [4.69, 9.17) is 100 Å². The zero-order valence-corrected chi connectivity index (χ0v) is 66.8. The molecule has 0 aromatic heterocycles. The van der Waals surface area contributed by atoms with Crippen LogP contribution in [0.15, 0.2) is 134 Å². The van der Waals surface area contributed by atoms with Gasteiger partial charge in [-0.1, -0.05) is 134 Å². The van der Waals surface area contributed by atoms with E-state index in [0.29, 0.717) is 57.4 Å². The molecule has 0 saturated carbocycles. The average Bonchev–Trinajstić information content (AvgIpc) is 0.861. The molecular weight excluding hydrogens is 1440 g/mol. The minimum atomic E-state index is -4.82. The van der Waals surface area contributed by atoms with Gasteiger partial charge in [0.1, 0.15) is 0 Å². The molecule has 0 fully saturated rings. The second kappa shape index (κ2) is 55.6. The van der Waals surface area contributed by atoms with Gasteiger partial charge in [-0.25, -0.2) is 18.3 Å². The maximum absolute atomic E-state index is 11.6. The molecule has 102 heavy (non-hydrogen) atoms. The number of rotatable bonds is 61. The molecule has 36 heteroatoms. The lowest BCUT2D eigenvalue weighted by Gasteiger charge is -2.37. The van der Waals surface area contributed by atoms with Crippen LogP contribution < -0.4 is 0 Å². The Hall–Kier alpha value is -2.75. The number of hydrogen-bond donors (Lipinski definition) is 9. The molecule has 0 spiro atoms. The molecule has 0 aromatic rings. The van der Waals surface area contributed by atoms with E-state index in [1.165, 1.54) is 0 Å². The Balaban J connectivity index is -0.000000681. The molecule has 9 N–H and O–H groups in total. The fraction of sp³-hybridized carbons (Fsp3) is 0.667. The van der Waals surface area contributed by atoms with Crippen LogP contribution in [0.2, 0.25) is 0 Å². The van der Waals surface area contributed by atoms with Gasteiger partial charge in [0.2, 0.25) is 0 Å². The van der Waals surface area contributed by atoms with Crippen molar-refractivity contribution in [2.24, 2.45) is 21.7 Å². The van der Waals surface area contributed by atoms with E-state index in [0.717, 1.165) is 56.8 Å².